The second-order valence-corrected chi connectivity index (χ2v) is 7.59. The predicted molar refractivity (Wildman–Crippen MR) is 96.9 cm³/mol. The highest BCUT2D eigenvalue weighted by Crippen LogP contribution is 2.32. The number of hydroxylamine groups is 2. The summed E-state index contributed by atoms with van der Waals surface area (Å²) < 4.78 is 43.7. The number of carbonyl (C=O) groups excluding carboxylic acids is 2. The molecule has 28 heavy (non-hydrogen) atoms. The fraction of sp³-hybridized carbons (Fsp3) is 0.500. The van der Waals surface area contributed by atoms with E-state index in [2.05, 4.69) is 0 Å². The zero-order valence-corrected chi connectivity index (χ0v) is 16.3. The zero-order valence-electron chi connectivity index (χ0n) is 16.3. The van der Waals surface area contributed by atoms with E-state index in [-0.39, 0.29) is 23.5 Å². The summed E-state index contributed by atoms with van der Waals surface area (Å²) in [4.78, 5) is 30.6. The maximum atomic E-state index is 12.8. The van der Waals surface area contributed by atoms with Crippen LogP contribution in [0, 0.1) is 0 Å². The quantitative estimate of drug-likeness (QED) is 0.687. The number of carbonyl (C=O) groups is 2. The van der Waals surface area contributed by atoms with Crippen molar-refractivity contribution in [1.29, 1.82) is 0 Å². The first kappa shape index (κ1) is 21.8. The van der Waals surface area contributed by atoms with E-state index >= 15 is 0 Å². The van der Waals surface area contributed by atoms with Gasteiger partial charge in [0.25, 0.3) is 0 Å². The fourth-order valence-electron chi connectivity index (χ4n) is 2.73. The highest BCUT2D eigenvalue weighted by Gasteiger charge is 2.35. The molecule has 1 aliphatic heterocycles. The molecule has 0 unspecified atom stereocenters. The molecule has 5 nitrogen and oxygen atoms in total. The van der Waals surface area contributed by atoms with Gasteiger partial charge in [-0.15, -0.1) is 5.06 Å². The normalized spacial score (nSPS) is 18.2. The van der Waals surface area contributed by atoms with E-state index in [0.717, 1.165) is 17.2 Å². The lowest BCUT2D eigenvalue weighted by molar-refractivity contribution is -0.137. The van der Waals surface area contributed by atoms with E-state index in [1.54, 1.807) is 20.8 Å². The maximum Gasteiger partial charge on any atom is 0.444 e. The average molecular weight is 399 g/mol. The van der Waals surface area contributed by atoms with Crippen LogP contribution in [-0.4, -0.2) is 28.6 Å². The Morgan fingerprint density at radius 3 is 2.32 bits per heavy atom. The van der Waals surface area contributed by atoms with Crippen LogP contribution in [-0.2, 0) is 20.5 Å². The maximum absolute atomic E-state index is 12.8. The Hall–Kier alpha value is -2.51. The Bertz CT molecular complexity index is 748. The van der Waals surface area contributed by atoms with Gasteiger partial charge in [-0.3, -0.25) is 4.79 Å². The van der Waals surface area contributed by atoms with Crippen molar-refractivity contribution in [3.05, 3.63) is 41.5 Å². The lowest BCUT2D eigenvalue weighted by Gasteiger charge is -2.31. The number of hydrogen-bond donors (Lipinski definition) is 0. The molecule has 0 bridgehead atoms. The van der Waals surface area contributed by atoms with E-state index in [9.17, 15) is 22.8 Å². The van der Waals surface area contributed by atoms with Gasteiger partial charge in [0.2, 0.25) is 0 Å². The van der Waals surface area contributed by atoms with Crippen molar-refractivity contribution >= 4 is 17.6 Å². The molecular weight excluding hydrogens is 375 g/mol. The van der Waals surface area contributed by atoms with Crippen molar-refractivity contribution in [2.24, 2.45) is 0 Å². The van der Waals surface area contributed by atoms with Crippen molar-refractivity contribution in [1.82, 2.24) is 5.06 Å². The molecule has 0 saturated carbocycles. The number of halogens is 3. The van der Waals surface area contributed by atoms with Gasteiger partial charge in [0, 0.05) is 18.1 Å². The smallest absolute Gasteiger partial charge is 0.442 e. The van der Waals surface area contributed by atoms with E-state index in [1.807, 2.05) is 6.92 Å². The third-order valence-electron chi connectivity index (χ3n) is 3.95. The Morgan fingerprint density at radius 2 is 1.82 bits per heavy atom. The van der Waals surface area contributed by atoms with Gasteiger partial charge >= 0.3 is 12.3 Å². The molecule has 2 rings (SSSR count). The van der Waals surface area contributed by atoms with Crippen LogP contribution in [0.5, 0.6) is 0 Å². The van der Waals surface area contributed by atoms with Gasteiger partial charge < -0.3 is 9.57 Å². The fourth-order valence-corrected chi connectivity index (χ4v) is 2.73. The van der Waals surface area contributed by atoms with Crippen LogP contribution >= 0.6 is 0 Å². The molecule has 1 aliphatic rings. The molecule has 0 N–H and O–H groups in total. The first-order valence-electron chi connectivity index (χ1n) is 9.03. The summed E-state index contributed by atoms with van der Waals surface area (Å²) in [5, 5.41) is 1.02. The zero-order chi connectivity index (χ0) is 21.1. The second kappa shape index (κ2) is 8.24. The van der Waals surface area contributed by atoms with Crippen LogP contribution in [0.15, 0.2) is 30.3 Å². The van der Waals surface area contributed by atoms with Gasteiger partial charge in [-0.1, -0.05) is 25.5 Å². The number of ether oxygens (including phenoxy) is 1. The lowest BCUT2D eigenvalue weighted by atomic mass is 10.0. The van der Waals surface area contributed by atoms with E-state index in [0.29, 0.717) is 12.8 Å². The number of rotatable bonds is 3. The molecule has 1 aromatic carbocycles. The van der Waals surface area contributed by atoms with Crippen LogP contribution in [0.1, 0.15) is 58.1 Å². The minimum Gasteiger partial charge on any atom is -0.442 e. The molecule has 1 amide bonds. The molecule has 8 heteroatoms. The number of nitrogens with zero attached hydrogens (tertiary/aromatic N) is 1. The standard InChI is InChI=1S/C20H24F3NO4/c1-5-6-15-11-16(25)12-17(28-24(15)18(26)27-19(2,3)4)13-7-9-14(10-8-13)20(21,22)23/h7-10,12,15H,5-6,11H2,1-4H3/t15-/m0/s1. The van der Waals surface area contributed by atoms with Crippen molar-refractivity contribution in [2.45, 2.75) is 64.8 Å². The van der Waals surface area contributed by atoms with Gasteiger partial charge in [-0.2, -0.15) is 13.2 Å². The molecule has 0 spiro atoms. The molecular formula is C20H24F3NO4. The van der Waals surface area contributed by atoms with Crippen molar-refractivity contribution in [3.63, 3.8) is 0 Å². The minimum absolute atomic E-state index is 0.00295. The highest BCUT2D eigenvalue weighted by molar-refractivity contribution is 5.96. The largest absolute Gasteiger partial charge is 0.444 e. The summed E-state index contributed by atoms with van der Waals surface area (Å²) in [6.07, 6.45) is -2.76. The predicted octanol–water partition coefficient (Wildman–Crippen LogP) is 5.36. The van der Waals surface area contributed by atoms with E-state index < -0.39 is 29.5 Å². The van der Waals surface area contributed by atoms with Crippen LogP contribution in [0.3, 0.4) is 0 Å². The molecule has 1 heterocycles. The molecule has 1 atom stereocenters. The molecule has 1 aromatic rings. The molecule has 0 saturated heterocycles. The molecule has 0 radical (unpaired) electrons. The monoisotopic (exact) mass is 399 g/mol. The average Bonchev–Trinajstić information content (AvgIpc) is 2.72. The first-order chi connectivity index (χ1) is 12.9. The van der Waals surface area contributed by atoms with Gasteiger partial charge in [-0.05, 0) is 39.3 Å². The number of hydrogen-bond acceptors (Lipinski definition) is 4. The number of allylic oxidation sites excluding steroid dienone is 1. The Labute approximate surface area is 162 Å². The number of amides is 1. The van der Waals surface area contributed by atoms with E-state index in [4.69, 9.17) is 9.57 Å². The van der Waals surface area contributed by atoms with Gasteiger partial charge in [-0.25, -0.2) is 4.79 Å². The summed E-state index contributed by atoms with van der Waals surface area (Å²) in [6, 6.07) is 3.67. The summed E-state index contributed by atoms with van der Waals surface area (Å²) in [5.41, 5.74) is -1.33. The number of benzene rings is 1. The topological polar surface area (TPSA) is 55.8 Å². The van der Waals surface area contributed by atoms with Gasteiger partial charge in [0.1, 0.15) is 5.60 Å². The van der Waals surface area contributed by atoms with Crippen molar-refractivity contribution in [3.8, 4) is 0 Å². The van der Waals surface area contributed by atoms with E-state index in [1.165, 1.54) is 18.2 Å². The van der Waals surface area contributed by atoms with Crippen LogP contribution < -0.4 is 0 Å². The molecule has 154 valence electrons. The van der Waals surface area contributed by atoms with Gasteiger partial charge in [0.15, 0.2) is 11.5 Å². The minimum atomic E-state index is -4.47. The third-order valence-corrected chi connectivity index (χ3v) is 3.95. The Kier molecular flexibility index (Phi) is 6.41. The second-order valence-electron chi connectivity index (χ2n) is 7.59. The Balaban J connectivity index is 2.34. The van der Waals surface area contributed by atoms with Crippen molar-refractivity contribution < 1.29 is 32.3 Å². The summed E-state index contributed by atoms with van der Waals surface area (Å²) in [6.45, 7) is 7.02. The SMILES string of the molecule is CCC[C@H]1CC(=O)C=C(c2ccc(C(F)(F)F)cc2)ON1C(=O)OC(C)(C)C. The van der Waals surface area contributed by atoms with Crippen LogP contribution in [0.4, 0.5) is 18.0 Å². The number of ketones is 1. The van der Waals surface area contributed by atoms with Crippen LogP contribution in [0.2, 0.25) is 0 Å². The van der Waals surface area contributed by atoms with Crippen LogP contribution in [0.25, 0.3) is 5.76 Å². The highest BCUT2D eigenvalue weighted by atomic mass is 19.4. The third kappa shape index (κ3) is 5.74. The molecule has 0 aromatic heterocycles. The Morgan fingerprint density at radius 1 is 1.21 bits per heavy atom. The summed E-state index contributed by atoms with van der Waals surface area (Å²) in [5.74, 6) is -0.275. The van der Waals surface area contributed by atoms with Crippen molar-refractivity contribution in [2.75, 3.05) is 0 Å². The van der Waals surface area contributed by atoms with Gasteiger partial charge in [0.05, 0.1) is 11.6 Å². The number of alkyl halides is 3. The summed E-state index contributed by atoms with van der Waals surface area (Å²) in [7, 11) is 0. The molecule has 0 fully saturated rings. The lowest BCUT2D eigenvalue weighted by Crippen LogP contribution is -2.43. The first-order valence-corrected chi connectivity index (χ1v) is 9.03. The summed E-state index contributed by atoms with van der Waals surface area (Å²) >= 11 is 0. The molecule has 0 aliphatic carbocycles.